The molecule has 7 rings (SSSR count). The highest BCUT2D eigenvalue weighted by atomic mass is 32.2. The lowest BCUT2D eigenvalue weighted by Crippen LogP contribution is -2.44. The lowest BCUT2D eigenvalue weighted by molar-refractivity contribution is -0.137. The number of anilines is 3. The Morgan fingerprint density at radius 3 is 1.96 bits per heavy atom. The number of alkyl halides is 3. The smallest absolute Gasteiger partial charge is 0.398 e. The number of carbonyl (C=O) groups excluding carboxylic acids is 3. The van der Waals surface area contributed by atoms with E-state index in [0.29, 0.717) is 59.9 Å². The molecule has 3 aliphatic heterocycles. The van der Waals surface area contributed by atoms with Gasteiger partial charge in [-0.1, -0.05) is 105 Å². The Hall–Kier alpha value is -5.25. The first-order valence-electron chi connectivity index (χ1n) is 30.2. The van der Waals surface area contributed by atoms with Crippen LogP contribution >= 0.6 is 11.8 Å². The van der Waals surface area contributed by atoms with E-state index >= 15 is 0 Å². The van der Waals surface area contributed by atoms with Gasteiger partial charge in [-0.05, 0) is 172 Å². The lowest BCUT2D eigenvalue weighted by atomic mass is 9.94. The van der Waals surface area contributed by atoms with Gasteiger partial charge < -0.3 is 41.3 Å². The minimum absolute atomic E-state index is 0.00399. The molecular formula is C67H103F3N8O3S. The van der Waals surface area contributed by atoms with Crippen molar-refractivity contribution in [2.75, 3.05) is 95.3 Å². The number of nitrogen functional groups attached to an aromatic ring is 1. The second-order valence-electron chi connectivity index (χ2n) is 24.6. The quantitative estimate of drug-likeness (QED) is 0.0346. The Labute approximate surface area is 496 Å². The molecule has 0 radical (unpaired) electrons. The molecular weight excluding hydrogens is 1050 g/mol. The number of hydrogen-bond acceptors (Lipinski definition) is 9. The fourth-order valence-electron chi connectivity index (χ4n) is 10.3. The number of Topliss-reactive ketones (excluding diaryl/α,β-unsaturated/α-hetero) is 1. The predicted molar refractivity (Wildman–Crippen MR) is 341 cm³/mol. The Kier molecular flexibility index (Phi) is 28.6. The maximum absolute atomic E-state index is 13.2. The van der Waals surface area contributed by atoms with Crippen LogP contribution in [0.25, 0.3) is 0 Å². The molecule has 3 aliphatic rings. The highest BCUT2D eigenvalue weighted by molar-refractivity contribution is 8.00. The van der Waals surface area contributed by atoms with Crippen molar-refractivity contribution < 1.29 is 27.6 Å². The van der Waals surface area contributed by atoms with Gasteiger partial charge >= 0.3 is 12.2 Å². The highest BCUT2D eigenvalue weighted by Crippen LogP contribution is 2.35. The van der Waals surface area contributed by atoms with Gasteiger partial charge in [0.15, 0.2) is 0 Å². The van der Waals surface area contributed by atoms with Crippen molar-refractivity contribution in [3.05, 3.63) is 123 Å². The Balaban J connectivity index is 0.000000265. The maximum atomic E-state index is 13.2. The van der Waals surface area contributed by atoms with Crippen molar-refractivity contribution in [3.63, 3.8) is 0 Å². The van der Waals surface area contributed by atoms with Gasteiger partial charge in [-0.15, -0.1) is 0 Å². The van der Waals surface area contributed by atoms with Crippen LogP contribution in [0.5, 0.6) is 0 Å². The van der Waals surface area contributed by atoms with E-state index in [-0.39, 0.29) is 42.1 Å². The summed E-state index contributed by atoms with van der Waals surface area (Å²) < 4.78 is 39.6. The molecule has 3 heterocycles. The molecule has 4 aromatic rings. The number of likely N-dealkylation sites (N-methyl/N-ethyl adjacent to an activating group) is 3. The molecule has 3 amide bonds. The molecule has 4 aromatic carbocycles. The SMILES string of the molecule is CC(C)c1cc(CC(=O)CCCCCNC(=O)CCCCC2SCC3NC(=O)NC32)cc(C(F)(F)F)c1.Cc1cc(C(C)C)cc(N(C)CCN(C)C)c1.Cc1cc(C(C)C)cc(N2CCN(C)CC2)c1.Cc1cccc(C(C)C)c1N. The Bertz CT molecular complexity index is 2610. The molecule has 3 atom stereocenters. The summed E-state index contributed by atoms with van der Waals surface area (Å²) >= 11 is 1.88. The van der Waals surface area contributed by atoms with E-state index < -0.39 is 11.7 Å². The zero-order valence-corrected chi connectivity index (χ0v) is 53.4. The number of hydrogen-bond donors (Lipinski definition) is 4. The molecule has 82 heavy (non-hydrogen) atoms. The van der Waals surface area contributed by atoms with Crippen LogP contribution in [0.2, 0.25) is 0 Å². The topological polar surface area (TPSA) is 126 Å². The van der Waals surface area contributed by atoms with Gasteiger partial charge in [-0.2, -0.15) is 24.9 Å². The molecule has 3 unspecified atom stereocenters. The number of rotatable bonds is 22. The van der Waals surface area contributed by atoms with E-state index in [4.69, 9.17) is 5.73 Å². The zero-order valence-electron chi connectivity index (χ0n) is 52.6. The third kappa shape index (κ3) is 23.8. The largest absolute Gasteiger partial charge is 0.416 e. The van der Waals surface area contributed by atoms with Crippen molar-refractivity contribution >= 4 is 46.5 Å². The standard InChI is InChI=1S/C27H38F3N3O3S.C15H24N2.C15H26N2.C10H15N/c1-17(2)19-12-18(13-20(15-19)27(28,29)30)14-21(34)8-4-3-7-11-31-24(35)10-6-5-9-23-25-22(16-37-23)32-26(36)33-25;1-12(2)14-9-13(3)10-15(11-14)17-7-5-16(4)6-8-17;1-12(2)14-9-13(3)10-15(11-14)17(6)8-7-16(4)5;1-7(2)9-6-4-5-8(3)10(9)11/h12-13,15,17,22-23,25H,3-11,14,16H2,1-2H3,(H,31,35)(H2,32,33,36);9-12H,5-8H2,1-4H3;9-12H,7-8H2,1-6H3;4-7H,11H2,1-3H3. The van der Waals surface area contributed by atoms with Crippen LogP contribution in [0.3, 0.4) is 0 Å². The van der Waals surface area contributed by atoms with Gasteiger partial charge in [0.1, 0.15) is 5.78 Å². The number of nitrogens with zero attached hydrogens (tertiary/aromatic N) is 4. The molecule has 0 aromatic heterocycles. The lowest BCUT2D eigenvalue weighted by Gasteiger charge is -2.34. The summed E-state index contributed by atoms with van der Waals surface area (Å²) in [7, 11) is 8.60. The third-order valence-corrected chi connectivity index (χ3v) is 17.1. The number of amides is 3. The van der Waals surface area contributed by atoms with Crippen molar-refractivity contribution in [2.24, 2.45) is 0 Å². The van der Waals surface area contributed by atoms with E-state index in [2.05, 4.69) is 168 Å². The average Bonchev–Trinajstić information content (AvgIpc) is 4.06. The fourth-order valence-corrected chi connectivity index (χ4v) is 11.8. The number of fused-ring (bicyclic) bond motifs is 1. The summed E-state index contributed by atoms with van der Waals surface area (Å²) in [5.74, 6) is 2.56. The second kappa shape index (κ2) is 33.9. The first-order valence-corrected chi connectivity index (χ1v) is 31.2. The second-order valence-corrected chi connectivity index (χ2v) is 25.9. The summed E-state index contributed by atoms with van der Waals surface area (Å²) in [5, 5.41) is 9.23. The van der Waals surface area contributed by atoms with Crippen molar-refractivity contribution in [1.29, 1.82) is 0 Å². The van der Waals surface area contributed by atoms with E-state index in [1.54, 1.807) is 6.07 Å². The first-order chi connectivity index (χ1) is 38.6. The maximum Gasteiger partial charge on any atom is 0.416 e. The van der Waals surface area contributed by atoms with Crippen LogP contribution in [0.15, 0.2) is 72.8 Å². The molecule has 3 saturated heterocycles. The summed E-state index contributed by atoms with van der Waals surface area (Å²) in [5.41, 5.74) is 17.9. The highest BCUT2D eigenvalue weighted by Gasteiger charge is 2.42. The van der Waals surface area contributed by atoms with E-state index in [9.17, 15) is 27.6 Å². The Morgan fingerprint density at radius 2 is 1.35 bits per heavy atom. The van der Waals surface area contributed by atoms with Crippen LogP contribution in [0.4, 0.5) is 35.0 Å². The monoisotopic (exact) mass is 1160 g/mol. The van der Waals surface area contributed by atoms with E-state index in [1.807, 2.05) is 38.6 Å². The van der Waals surface area contributed by atoms with E-state index in [0.717, 1.165) is 81.9 Å². The van der Waals surface area contributed by atoms with Crippen LogP contribution < -0.4 is 31.5 Å². The molecule has 456 valence electrons. The predicted octanol–water partition coefficient (Wildman–Crippen LogP) is 14.0. The van der Waals surface area contributed by atoms with Crippen LogP contribution in [0, 0.1) is 20.8 Å². The van der Waals surface area contributed by atoms with Gasteiger partial charge in [-0.25, -0.2) is 4.79 Å². The molecule has 0 bridgehead atoms. The van der Waals surface area contributed by atoms with Crippen molar-refractivity contribution in [2.45, 2.75) is 181 Å². The van der Waals surface area contributed by atoms with Gasteiger partial charge in [0, 0.05) is 100 Å². The summed E-state index contributed by atoms with van der Waals surface area (Å²) in [6, 6.07) is 24.3. The molecule has 0 spiro atoms. The summed E-state index contributed by atoms with van der Waals surface area (Å²) in [6.45, 7) is 30.8. The number of nitrogens with two attached hydrogens (primary N) is 1. The normalized spacial score (nSPS) is 16.9. The van der Waals surface area contributed by atoms with Gasteiger partial charge in [0.05, 0.1) is 17.6 Å². The number of ketones is 1. The number of thioether (sulfide) groups is 1. The molecule has 0 aliphatic carbocycles. The number of carbonyl (C=O) groups is 3. The number of benzene rings is 4. The molecule has 15 heteroatoms. The minimum Gasteiger partial charge on any atom is -0.398 e. The summed E-state index contributed by atoms with van der Waals surface area (Å²) in [6.07, 6.45) is 1.28. The van der Waals surface area contributed by atoms with Gasteiger partial charge in [0.2, 0.25) is 5.91 Å². The third-order valence-electron chi connectivity index (χ3n) is 15.6. The number of nitrogens with one attached hydrogen (secondary N) is 3. The molecule has 5 N–H and O–H groups in total. The van der Waals surface area contributed by atoms with Crippen molar-refractivity contribution in [1.82, 2.24) is 25.8 Å². The first kappa shape index (κ1) is 69.2. The van der Waals surface area contributed by atoms with Crippen LogP contribution in [-0.2, 0) is 22.2 Å². The van der Waals surface area contributed by atoms with E-state index in [1.165, 1.54) is 57.8 Å². The number of aryl methyl sites for hydroxylation is 3. The van der Waals surface area contributed by atoms with Crippen molar-refractivity contribution in [3.8, 4) is 0 Å². The number of para-hydroxylation sites is 1. The molecule has 11 nitrogen and oxygen atoms in total. The number of piperazine rings is 1. The zero-order chi connectivity index (χ0) is 60.8. The van der Waals surface area contributed by atoms with Gasteiger partial charge in [-0.3, -0.25) is 9.59 Å². The van der Waals surface area contributed by atoms with Crippen LogP contribution in [-0.4, -0.2) is 125 Å². The average molecular weight is 1160 g/mol. The minimum atomic E-state index is -4.43. The van der Waals surface area contributed by atoms with Gasteiger partial charge in [0.25, 0.3) is 0 Å². The molecule has 0 saturated carbocycles. The molecule has 3 fully saturated rings. The number of urea groups is 1. The number of unbranched alkanes of at least 4 members (excludes halogenated alkanes) is 3. The fraction of sp³-hybridized carbons (Fsp3) is 0.597. The summed E-state index contributed by atoms with van der Waals surface area (Å²) in [4.78, 5) is 45.3. The Morgan fingerprint density at radius 1 is 0.732 bits per heavy atom. The van der Waals surface area contributed by atoms with Crippen LogP contribution in [0.1, 0.15) is 180 Å². The number of halogens is 3.